The fourth-order valence-corrected chi connectivity index (χ4v) is 6.91. The van der Waals surface area contributed by atoms with E-state index in [1.165, 1.54) is 6.92 Å². The van der Waals surface area contributed by atoms with Crippen LogP contribution in [-0.2, 0) is 39.9 Å². The van der Waals surface area contributed by atoms with Crippen LogP contribution >= 0.6 is 0 Å². The van der Waals surface area contributed by atoms with Crippen LogP contribution in [0.2, 0.25) is 0 Å². The second-order valence-corrected chi connectivity index (χ2v) is 12.9. The highest BCUT2D eigenvalue weighted by molar-refractivity contribution is 6.22. The number of allylic oxidation sites excluding steroid dienone is 1. The van der Waals surface area contributed by atoms with Gasteiger partial charge in [0.05, 0.1) is 39.6 Å². The van der Waals surface area contributed by atoms with Crippen molar-refractivity contribution in [2.24, 2.45) is 11.8 Å². The summed E-state index contributed by atoms with van der Waals surface area (Å²) in [5, 5.41) is 3.02. The van der Waals surface area contributed by atoms with Crippen molar-refractivity contribution in [2.75, 3.05) is 65.9 Å². The zero-order chi connectivity index (χ0) is 34.6. The zero-order valence-electron chi connectivity index (χ0n) is 29.0. The fourth-order valence-electron chi connectivity index (χ4n) is 6.91. The summed E-state index contributed by atoms with van der Waals surface area (Å²) in [6.45, 7) is 13.5. The monoisotopic (exact) mass is 665 g/mol. The molecule has 0 bridgehead atoms. The predicted octanol–water partition coefficient (Wildman–Crippen LogP) is 3.71. The number of H-pyrrole nitrogens is 1. The van der Waals surface area contributed by atoms with Crippen molar-refractivity contribution >= 4 is 23.2 Å². The van der Waals surface area contributed by atoms with Crippen LogP contribution < -0.4 is 10.9 Å². The zero-order valence-corrected chi connectivity index (χ0v) is 29.0. The van der Waals surface area contributed by atoms with Gasteiger partial charge in [0.25, 0.3) is 11.5 Å². The first-order valence-electron chi connectivity index (χ1n) is 16.9. The minimum Gasteiger partial charge on any atom is -0.377 e. The summed E-state index contributed by atoms with van der Waals surface area (Å²) in [5.41, 5.74) is 5.90. The van der Waals surface area contributed by atoms with Crippen molar-refractivity contribution in [3.63, 3.8) is 0 Å². The van der Waals surface area contributed by atoms with Crippen molar-refractivity contribution in [1.82, 2.24) is 15.2 Å². The molecule has 2 heterocycles. The van der Waals surface area contributed by atoms with E-state index in [1.807, 2.05) is 43.0 Å². The number of fused-ring (bicyclic) bond motifs is 1. The topological polar surface area (TPSA) is 136 Å². The molecule has 48 heavy (non-hydrogen) atoms. The molecule has 11 heteroatoms. The van der Waals surface area contributed by atoms with Crippen LogP contribution in [0.25, 0.3) is 5.57 Å². The van der Waals surface area contributed by atoms with Crippen LogP contribution in [0.5, 0.6) is 0 Å². The molecule has 262 valence electrons. The number of aromatic amines is 1. The van der Waals surface area contributed by atoms with E-state index in [2.05, 4.69) is 30.2 Å². The minimum absolute atomic E-state index is 0.0147. The maximum absolute atomic E-state index is 13.6. The van der Waals surface area contributed by atoms with Gasteiger partial charge in [-0.05, 0) is 75.1 Å². The first-order valence-corrected chi connectivity index (χ1v) is 16.9. The van der Waals surface area contributed by atoms with E-state index in [0.29, 0.717) is 69.8 Å². The lowest BCUT2D eigenvalue weighted by Gasteiger charge is -2.37. The highest BCUT2D eigenvalue weighted by Crippen LogP contribution is 2.49. The molecule has 2 aliphatic rings. The smallest absolute Gasteiger partial charge is 0.253 e. The number of hydrogen-bond acceptors (Lipinski definition) is 8. The van der Waals surface area contributed by atoms with Crippen LogP contribution in [0.4, 0.5) is 0 Å². The number of carbonyl (C=O) groups is 3. The molecule has 0 saturated carbocycles. The van der Waals surface area contributed by atoms with Crippen LogP contribution in [-0.4, -0.2) is 93.4 Å². The number of likely N-dealkylation sites (tertiary alicyclic amines) is 1. The highest BCUT2D eigenvalue weighted by Gasteiger charge is 2.39. The van der Waals surface area contributed by atoms with Crippen LogP contribution in [0.15, 0.2) is 40.7 Å². The third-order valence-electron chi connectivity index (χ3n) is 9.38. The Hall–Kier alpha value is -3.64. The average molecular weight is 666 g/mol. The molecule has 2 N–H and O–H groups in total. The highest BCUT2D eigenvalue weighted by atomic mass is 16.6. The molecule has 4 rings (SSSR count). The Morgan fingerprint density at radius 1 is 0.917 bits per heavy atom. The van der Waals surface area contributed by atoms with E-state index in [4.69, 9.17) is 18.9 Å². The second-order valence-electron chi connectivity index (χ2n) is 12.9. The number of hydrogen-bond donors (Lipinski definition) is 2. The summed E-state index contributed by atoms with van der Waals surface area (Å²) in [7, 11) is 0. The maximum Gasteiger partial charge on any atom is 0.253 e. The number of ether oxygens (including phenoxy) is 4. The number of nitrogens with zero attached hydrogens (tertiary/aromatic N) is 1. The van der Waals surface area contributed by atoms with Crippen molar-refractivity contribution in [3.8, 4) is 0 Å². The molecular formula is C37H51N3O8. The van der Waals surface area contributed by atoms with Gasteiger partial charge >= 0.3 is 0 Å². The van der Waals surface area contributed by atoms with Gasteiger partial charge in [-0.1, -0.05) is 36.8 Å². The molecule has 0 radical (unpaired) electrons. The Balaban J connectivity index is 1.21. The Labute approximate surface area is 283 Å². The Bertz CT molecular complexity index is 1510. The number of carbonyl (C=O) groups excluding carboxylic acids is 3. The maximum atomic E-state index is 13.6. The fraction of sp³-hybridized carbons (Fsp3) is 0.568. The predicted molar refractivity (Wildman–Crippen MR) is 183 cm³/mol. The summed E-state index contributed by atoms with van der Waals surface area (Å²) in [6.07, 6.45) is 1.78. The molecule has 1 aromatic heterocycles. The van der Waals surface area contributed by atoms with Crippen LogP contribution in [0.1, 0.15) is 67.5 Å². The molecule has 2 amide bonds. The van der Waals surface area contributed by atoms with Crippen molar-refractivity contribution in [1.29, 1.82) is 0 Å². The Morgan fingerprint density at radius 3 is 2.15 bits per heavy atom. The van der Waals surface area contributed by atoms with Crippen LogP contribution in [0, 0.1) is 25.7 Å². The van der Waals surface area contributed by atoms with Crippen molar-refractivity contribution < 1.29 is 33.3 Å². The molecular weight excluding hydrogens is 614 g/mol. The molecule has 2 aromatic rings. The minimum atomic E-state index is -0.175. The van der Waals surface area contributed by atoms with Crippen molar-refractivity contribution in [3.05, 3.63) is 74.2 Å². The number of Topliss-reactive ketones (excluding diaryl/α,β-unsaturated/α-hetero) is 1. The number of amides is 2. The summed E-state index contributed by atoms with van der Waals surface area (Å²) in [5.74, 6) is 0.586. The number of aryl methyl sites for hydroxylation is 2. The summed E-state index contributed by atoms with van der Waals surface area (Å²) in [4.78, 5) is 54.5. The molecule has 2 unspecified atom stereocenters. The number of piperidine rings is 1. The molecule has 1 aromatic carbocycles. The second kappa shape index (κ2) is 18.2. The molecule has 1 fully saturated rings. The lowest BCUT2D eigenvalue weighted by molar-refractivity contribution is -0.138. The molecule has 11 nitrogen and oxygen atoms in total. The Kier molecular flexibility index (Phi) is 14.1. The average Bonchev–Trinajstić information content (AvgIpc) is 3.35. The van der Waals surface area contributed by atoms with Crippen molar-refractivity contribution in [2.45, 2.75) is 59.9 Å². The number of nitrogens with one attached hydrogen (secondary N) is 2. The summed E-state index contributed by atoms with van der Waals surface area (Å²) in [6, 6.07) is 10.0. The first-order chi connectivity index (χ1) is 23.1. The quantitative estimate of drug-likeness (QED) is 0.230. The lowest BCUT2D eigenvalue weighted by Crippen LogP contribution is -2.42. The number of ketones is 1. The van der Waals surface area contributed by atoms with E-state index < -0.39 is 0 Å². The van der Waals surface area contributed by atoms with Gasteiger partial charge in [-0.25, -0.2) is 0 Å². The molecule has 1 aliphatic heterocycles. The van der Waals surface area contributed by atoms with Gasteiger partial charge < -0.3 is 34.1 Å². The van der Waals surface area contributed by atoms with Gasteiger partial charge in [0.2, 0.25) is 5.91 Å². The van der Waals surface area contributed by atoms with Gasteiger partial charge in [-0.15, -0.1) is 0 Å². The number of pyridine rings is 1. The van der Waals surface area contributed by atoms with E-state index in [9.17, 15) is 19.2 Å². The van der Waals surface area contributed by atoms with Crippen LogP contribution in [0.3, 0.4) is 0 Å². The largest absolute Gasteiger partial charge is 0.377 e. The number of benzene rings is 1. The Morgan fingerprint density at radius 2 is 1.52 bits per heavy atom. The van der Waals surface area contributed by atoms with Gasteiger partial charge in [-0.3, -0.25) is 19.2 Å². The third kappa shape index (κ3) is 9.95. The van der Waals surface area contributed by atoms with Gasteiger partial charge in [-0.2, -0.15) is 0 Å². The number of aromatic nitrogens is 1. The number of rotatable bonds is 18. The van der Waals surface area contributed by atoms with E-state index >= 15 is 0 Å². The first kappa shape index (κ1) is 37.2. The van der Waals surface area contributed by atoms with Gasteiger partial charge in [0.15, 0.2) is 5.78 Å². The summed E-state index contributed by atoms with van der Waals surface area (Å²) < 4.78 is 21.6. The molecule has 0 spiro atoms. The third-order valence-corrected chi connectivity index (χ3v) is 9.38. The SMILES string of the molecule is CC(=O)COCCOCCOCCOCC(=O)N1CCC(C(C)C2C(C)=C(C(=O)NCc3c(C)cc(C)[nH]c3=O)c3ccccc32)CC1. The molecule has 2 atom stereocenters. The molecule has 1 aliphatic carbocycles. The normalized spacial score (nSPS) is 17.0. The van der Waals surface area contributed by atoms with Gasteiger partial charge in [0, 0.05) is 42.4 Å². The molecule has 1 saturated heterocycles. The van der Waals surface area contributed by atoms with E-state index in [1.54, 1.807) is 0 Å². The van der Waals surface area contributed by atoms with E-state index in [-0.39, 0.29) is 54.8 Å². The van der Waals surface area contributed by atoms with Gasteiger partial charge in [0.1, 0.15) is 13.2 Å². The van der Waals surface area contributed by atoms with E-state index in [0.717, 1.165) is 40.8 Å². The standard InChI is InChI=1S/C37H51N3O8/c1-24-20-25(2)39-36(43)32(24)21-38-37(44)35-28(5)34(30-8-6-7-9-31(30)35)27(4)29-10-12-40(13-11-29)33(42)23-48-19-17-46-15-14-45-16-18-47-22-26(3)41/h6-9,20,27,29,34H,10-19,21-23H2,1-5H3,(H,38,44)(H,39,43). The lowest BCUT2D eigenvalue weighted by atomic mass is 9.74. The summed E-state index contributed by atoms with van der Waals surface area (Å²) >= 11 is 0.